The van der Waals surface area contributed by atoms with Gasteiger partial charge in [0.15, 0.2) is 5.84 Å². The van der Waals surface area contributed by atoms with Crippen LogP contribution < -0.4 is 11.1 Å². The van der Waals surface area contributed by atoms with Crippen molar-refractivity contribution in [2.75, 3.05) is 18.6 Å². The summed E-state index contributed by atoms with van der Waals surface area (Å²) >= 11 is 0. The number of nitrogens with zero attached hydrogens (tertiary/aromatic N) is 1. The van der Waals surface area contributed by atoms with Crippen molar-refractivity contribution in [2.45, 2.75) is 6.54 Å². The number of nitrogens with one attached hydrogen (secondary N) is 1. The third kappa shape index (κ3) is 4.42. The molecule has 0 heterocycles. The Balaban J connectivity index is 2.60. The van der Waals surface area contributed by atoms with E-state index >= 15 is 0 Å². The normalized spacial score (nSPS) is 13.6. The van der Waals surface area contributed by atoms with Crippen LogP contribution in [0.2, 0.25) is 0 Å². The van der Waals surface area contributed by atoms with Crippen molar-refractivity contribution in [2.24, 2.45) is 10.9 Å². The summed E-state index contributed by atoms with van der Waals surface area (Å²) < 4.78 is 24.5. The summed E-state index contributed by atoms with van der Waals surface area (Å²) in [7, 11) is -0.856. The van der Waals surface area contributed by atoms with Gasteiger partial charge >= 0.3 is 0 Å². The molecule has 1 aromatic rings. The van der Waals surface area contributed by atoms with E-state index in [0.717, 1.165) is 0 Å². The van der Waals surface area contributed by atoms with Gasteiger partial charge in [0.1, 0.15) is 5.82 Å². The Labute approximate surface area is 107 Å². The minimum atomic E-state index is -0.856. The standard InChI is InChI=1S/C11H16FN3O2S/c1-18(17)5-4-14-7-9-3-2-8(6-10(9)12)11(13)15-16/h2-3,6,14,16H,4-5,7H2,1H3,(H2,13,15). The van der Waals surface area contributed by atoms with Crippen molar-refractivity contribution in [1.29, 1.82) is 0 Å². The van der Waals surface area contributed by atoms with Crippen LogP contribution >= 0.6 is 0 Å². The molecule has 7 heteroatoms. The summed E-state index contributed by atoms with van der Waals surface area (Å²) in [6.45, 7) is 0.907. The van der Waals surface area contributed by atoms with Crippen LogP contribution in [0.4, 0.5) is 4.39 Å². The van der Waals surface area contributed by atoms with Gasteiger partial charge in [0, 0.05) is 47.0 Å². The van der Waals surface area contributed by atoms with Crippen molar-refractivity contribution < 1.29 is 13.8 Å². The van der Waals surface area contributed by atoms with Gasteiger partial charge in [-0.3, -0.25) is 4.21 Å². The van der Waals surface area contributed by atoms with Crippen LogP contribution in [0.3, 0.4) is 0 Å². The smallest absolute Gasteiger partial charge is 0.170 e. The molecule has 0 amide bonds. The molecule has 0 fully saturated rings. The van der Waals surface area contributed by atoms with Gasteiger partial charge < -0.3 is 16.3 Å². The molecule has 0 bridgehead atoms. The average molecular weight is 273 g/mol. The highest BCUT2D eigenvalue weighted by molar-refractivity contribution is 7.84. The molecule has 0 aliphatic carbocycles. The molecule has 1 unspecified atom stereocenters. The molecule has 0 spiro atoms. The van der Waals surface area contributed by atoms with E-state index in [9.17, 15) is 8.60 Å². The zero-order valence-electron chi connectivity index (χ0n) is 10.0. The first kappa shape index (κ1) is 14.6. The van der Waals surface area contributed by atoms with E-state index in [4.69, 9.17) is 10.9 Å². The Morgan fingerprint density at radius 2 is 2.33 bits per heavy atom. The maximum absolute atomic E-state index is 13.6. The van der Waals surface area contributed by atoms with E-state index in [0.29, 0.717) is 30.0 Å². The molecule has 1 rings (SSSR count). The van der Waals surface area contributed by atoms with Crippen LogP contribution in [0.5, 0.6) is 0 Å². The lowest BCUT2D eigenvalue weighted by atomic mass is 10.1. The first-order valence-electron chi connectivity index (χ1n) is 5.31. The topological polar surface area (TPSA) is 87.7 Å². The number of benzene rings is 1. The minimum absolute atomic E-state index is 0.130. The first-order chi connectivity index (χ1) is 8.54. The van der Waals surface area contributed by atoms with Crippen LogP contribution in [0.15, 0.2) is 23.4 Å². The molecule has 0 radical (unpaired) electrons. The van der Waals surface area contributed by atoms with E-state index in [1.165, 1.54) is 6.07 Å². The molecule has 100 valence electrons. The van der Waals surface area contributed by atoms with E-state index in [-0.39, 0.29) is 5.84 Å². The van der Waals surface area contributed by atoms with Crippen molar-refractivity contribution in [3.8, 4) is 0 Å². The molecule has 0 saturated carbocycles. The van der Waals surface area contributed by atoms with Crippen LogP contribution in [0, 0.1) is 5.82 Å². The molecule has 5 nitrogen and oxygen atoms in total. The SMILES string of the molecule is CS(=O)CCNCc1ccc(/C(N)=N/O)cc1F. The summed E-state index contributed by atoms with van der Waals surface area (Å²) in [6, 6.07) is 4.36. The van der Waals surface area contributed by atoms with Crippen molar-refractivity contribution >= 4 is 16.6 Å². The molecule has 0 saturated heterocycles. The molecular formula is C11H16FN3O2S. The summed E-state index contributed by atoms with van der Waals surface area (Å²) in [5.74, 6) is -0.0249. The van der Waals surface area contributed by atoms with Crippen molar-refractivity contribution in [3.05, 3.63) is 35.1 Å². The van der Waals surface area contributed by atoms with E-state index in [1.54, 1.807) is 18.4 Å². The second kappa shape index (κ2) is 7.07. The van der Waals surface area contributed by atoms with Gasteiger partial charge in [0.2, 0.25) is 0 Å². The Morgan fingerprint density at radius 3 is 2.89 bits per heavy atom. The Kier molecular flexibility index (Phi) is 5.73. The fourth-order valence-electron chi connectivity index (χ4n) is 1.35. The summed E-state index contributed by atoms with van der Waals surface area (Å²) in [5.41, 5.74) is 6.16. The molecule has 0 aliphatic rings. The molecule has 1 aromatic carbocycles. The number of amidine groups is 1. The summed E-state index contributed by atoms with van der Waals surface area (Å²) in [5, 5.41) is 14.3. The number of rotatable bonds is 6. The molecule has 0 aliphatic heterocycles. The van der Waals surface area contributed by atoms with Gasteiger partial charge in [-0.15, -0.1) is 0 Å². The van der Waals surface area contributed by atoms with Gasteiger partial charge in [0.25, 0.3) is 0 Å². The largest absolute Gasteiger partial charge is 0.409 e. The maximum atomic E-state index is 13.6. The lowest BCUT2D eigenvalue weighted by molar-refractivity contribution is 0.318. The Bertz CT molecular complexity index is 466. The highest BCUT2D eigenvalue weighted by Gasteiger charge is 2.06. The lowest BCUT2D eigenvalue weighted by Gasteiger charge is -2.06. The molecule has 1 atom stereocenters. The van der Waals surface area contributed by atoms with Gasteiger partial charge in [-0.25, -0.2) is 4.39 Å². The highest BCUT2D eigenvalue weighted by Crippen LogP contribution is 2.10. The third-order valence-corrected chi connectivity index (χ3v) is 3.12. The first-order valence-corrected chi connectivity index (χ1v) is 7.04. The quantitative estimate of drug-likeness (QED) is 0.230. The predicted molar refractivity (Wildman–Crippen MR) is 69.6 cm³/mol. The van der Waals surface area contributed by atoms with Gasteiger partial charge in [-0.05, 0) is 6.07 Å². The van der Waals surface area contributed by atoms with Crippen LogP contribution in [0.25, 0.3) is 0 Å². The number of hydrogen-bond acceptors (Lipinski definition) is 4. The van der Waals surface area contributed by atoms with Crippen LogP contribution in [0.1, 0.15) is 11.1 Å². The highest BCUT2D eigenvalue weighted by atomic mass is 32.2. The van der Waals surface area contributed by atoms with E-state index in [2.05, 4.69) is 10.5 Å². The number of nitrogens with two attached hydrogens (primary N) is 1. The van der Waals surface area contributed by atoms with Crippen LogP contribution in [-0.2, 0) is 17.3 Å². The molecule has 18 heavy (non-hydrogen) atoms. The van der Waals surface area contributed by atoms with Gasteiger partial charge in [-0.2, -0.15) is 0 Å². The predicted octanol–water partition coefficient (Wildman–Crippen LogP) is 0.388. The van der Waals surface area contributed by atoms with Gasteiger partial charge in [0.05, 0.1) is 0 Å². The molecular weight excluding hydrogens is 257 g/mol. The fourth-order valence-corrected chi connectivity index (χ4v) is 1.78. The minimum Gasteiger partial charge on any atom is -0.409 e. The van der Waals surface area contributed by atoms with Crippen molar-refractivity contribution in [1.82, 2.24) is 5.32 Å². The van der Waals surface area contributed by atoms with Gasteiger partial charge in [-0.1, -0.05) is 17.3 Å². The second-order valence-electron chi connectivity index (χ2n) is 3.75. The Hall–Kier alpha value is -1.47. The molecule has 0 aromatic heterocycles. The monoisotopic (exact) mass is 273 g/mol. The second-order valence-corrected chi connectivity index (χ2v) is 5.30. The van der Waals surface area contributed by atoms with E-state index in [1.807, 2.05) is 0 Å². The van der Waals surface area contributed by atoms with Crippen molar-refractivity contribution in [3.63, 3.8) is 0 Å². The molecule has 4 N–H and O–H groups in total. The third-order valence-electron chi connectivity index (χ3n) is 2.34. The number of oxime groups is 1. The lowest BCUT2D eigenvalue weighted by Crippen LogP contribution is -2.20. The average Bonchev–Trinajstić information content (AvgIpc) is 2.34. The van der Waals surface area contributed by atoms with E-state index < -0.39 is 16.6 Å². The zero-order chi connectivity index (χ0) is 13.5. The Morgan fingerprint density at radius 1 is 1.61 bits per heavy atom. The number of hydrogen-bond donors (Lipinski definition) is 3. The zero-order valence-corrected chi connectivity index (χ0v) is 10.8. The maximum Gasteiger partial charge on any atom is 0.170 e. The summed E-state index contributed by atoms with van der Waals surface area (Å²) in [6.07, 6.45) is 1.62. The fraction of sp³-hybridized carbons (Fsp3) is 0.364. The summed E-state index contributed by atoms with van der Waals surface area (Å²) in [4.78, 5) is 0. The number of halogens is 1. The van der Waals surface area contributed by atoms with Crippen LogP contribution in [-0.4, -0.2) is 33.8 Å².